The molecular formula is C27H22F2N4O3. The maximum Gasteiger partial charge on any atom is 0.279 e. The third-order valence-corrected chi connectivity index (χ3v) is 5.22. The standard InChI is InChI=1S/C27H22F2N4O3/c1-2-36-24-9-4-3-8-22(24)25(26(34)32-20-12-10-18(28)11-13-20)33(21-7-5-6-19(29)16-21)27(35)23-17-30-14-15-31-23/h3-17,25H,2H2,1H3,(H,32,34)/t25-/m1/s1. The van der Waals surface area contributed by atoms with Gasteiger partial charge in [-0.05, 0) is 55.5 Å². The smallest absolute Gasteiger partial charge is 0.279 e. The lowest BCUT2D eigenvalue weighted by Gasteiger charge is -2.32. The Morgan fingerprint density at radius 3 is 2.44 bits per heavy atom. The van der Waals surface area contributed by atoms with Crippen molar-refractivity contribution in [3.63, 3.8) is 0 Å². The highest BCUT2D eigenvalue weighted by molar-refractivity contribution is 6.11. The number of hydrogen-bond acceptors (Lipinski definition) is 5. The summed E-state index contributed by atoms with van der Waals surface area (Å²) >= 11 is 0. The van der Waals surface area contributed by atoms with E-state index in [1.54, 1.807) is 31.2 Å². The Bertz CT molecular complexity index is 1350. The first-order valence-electron chi connectivity index (χ1n) is 11.1. The van der Waals surface area contributed by atoms with E-state index in [2.05, 4.69) is 15.3 Å². The van der Waals surface area contributed by atoms with Gasteiger partial charge in [-0.2, -0.15) is 0 Å². The minimum Gasteiger partial charge on any atom is -0.493 e. The number of halogens is 2. The third kappa shape index (κ3) is 5.52. The first kappa shape index (κ1) is 24.5. The third-order valence-electron chi connectivity index (χ3n) is 5.22. The van der Waals surface area contributed by atoms with Gasteiger partial charge in [0.2, 0.25) is 0 Å². The van der Waals surface area contributed by atoms with E-state index in [1.807, 2.05) is 0 Å². The second-order valence-electron chi connectivity index (χ2n) is 7.62. The topological polar surface area (TPSA) is 84.4 Å². The van der Waals surface area contributed by atoms with Crippen LogP contribution >= 0.6 is 0 Å². The molecule has 182 valence electrons. The molecule has 1 N–H and O–H groups in total. The largest absolute Gasteiger partial charge is 0.493 e. The van der Waals surface area contributed by atoms with Crippen LogP contribution in [0.5, 0.6) is 5.75 Å². The lowest BCUT2D eigenvalue weighted by molar-refractivity contribution is -0.117. The fourth-order valence-corrected chi connectivity index (χ4v) is 3.68. The quantitative estimate of drug-likeness (QED) is 0.370. The van der Waals surface area contributed by atoms with E-state index >= 15 is 0 Å². The number of carbonyl (C=O) groups is 2. The van der Waals surface area contributed by atoms with Crippen LogP contribution in [0.4, 0.5) is 20.2 Å². The van der Waals surface area contributed by atoms with Crippen molar-refractivity contribution < 1.29 is 23.1 Å². The van der Waals surface area contributed by atoms with Gasteiger partial charge in [0, 0.05) is 29.3 Å². The van der Waals surface area contributed by atoms with Gasteiger partial charge in [-0.3, -0.25) is 19.5 Å². The number of aromatic nitrogens is 2. The zero-order valence-corrected chi connectivity index (χ0v) is 19.3. The Labute approximate surface area is 206 Å². The molecule has 0 aliphatic heterocycles. The summed E-state index contributed by atoms with van der Waals surface area (Å²) in [6.07, 6.45) is 4.02. The van der Waals surface area contributed by atoms with E-state index in [-0.39, 0.29) is 11.4 Å². The van der Waals surface area contributed by atoms with Crippen molar-refractivity contribution in [2.24, 2.45) is 0 Å². The lowest BCUT2D eigenvalue weighted by Crippen LogP contribution is -2.42. The Hall–Kier alpha value is -4.66. The summed E-state index contributed by atoms with van der Waals surface area (Å²) in [6.45, 7) is 2.10. The first-order chi connectivity index (χ1) is 17.5. The Morgan fingerprint density at radius 1 is 0.972 bits per heavy atom. The lowest BCUT2D eigenvalue weighted by atomic mass is 10.0. The molecule has 4 aromatic rings. The van der Waals surface area contributed by atoms with Crippen LogP contribution < -0.4 is 15.0 Å². The van der Waals surface area contributed by atoms with Crippen molar-refractivity contribution in [2.75, 3.05) is 16.8 Å². The zero-order valence-electron chi connectivity index (χ0n) is 19.3. The van der Waals surface area contributed by atoms with Gasteiger partial charge in [0.1, 0.15) is 29.1 Å². The number of benzene rings is 3. The van der Waals surface area contributed by atoms with Crippen LogP contribution in [-0.2, 0) is 4.79 Å². The molecule has 0 aliphatic rings. The van der Waals surface area contributed by atoms with Crippen molar-refractivity contribution in [3.05, 3.63) is 114 Å². The van der Waals surface area contributed by atoms with Crippen LogP contribution in [0.15, 0.2) is 91.4 Å². The molecule has 36 heavy (non-hydrogen) atoms. The van der Waals surface area contributed by atoms with Crippen molar-refractivity contribution in [3.8, 4) is 5.75 Å². The van der Waals surface area contributed by atoms with E-state index in [0.717, 1.165) is 11.0 Å². The monoisotopic (exact) mass is 488 g/mol. The fourth-order valence-electron chi connectivity index (χ4n) is 3.68. The maximum absolute atomic E-state index is 14.3. The zero-order chi connectivity index (χ0) is 25.5. The number of para-hydroxylation sites is 1. The Morgan fingerprint density at radius 2 is 1.75 bits per heavy atom. The second-order valence-corrected chi connectivity index (χ2v) is 7.62. The van der Waals surface area contributed by atoms with Gasteiger partial charge in [-0.25, -0.2) is 13.8 Å². The molecule has 1 heterocycles. The summed E-state index contributed by atoms with van der Waals surface area (Å²) in [5, 5.41) is 2.72. The molecule has 2 amide bonds. The van der Waals surface area contributed by atoms with Crippen molar-refractivity contribution >= 4 is 23.2 Å². The highest BCUT2D eigenvalue weighted by Gasteiger charge is 2.36. The minimum absolute atomic E-state index is 0.0461. The average Bonchev–Trinajstić information content (AvgIpc) is 2.89. The predicted octanol–water partition coefficient (Wildman–Crippen LogP) is 5.18. The summed E-state index contributed by atoms with van der Waals surface area (Å²) < 4.78 is 33.5. The Kier molecular flexibility index (Phi) is 7.60. The van der Waals surface area contributed by atoms with E-state index in [4.69, 9.17) is 4.74 Å². The summed E-state index contributed by atoms with van der Waals surface area (Å²) in [5.74, 6) is -2.01. The van der Waals surface area contributed by atoms with Crippen LogP contribution in [-0.4, -0.2) is 28.4 Å². The number of carbonyl (C=O) groups excluding carboxylic acids is 2. The van der Waals surface area contributed by atoms with Crippen molar-refractivity contribution in [1.82, 2.24) is 9.97 Å². The fraction of sp³-hybridized carbons (Fsp3) is 0.111. The molecule has 0 radical (unpaired) electrons. The van der Waals surface area contributed by atoms with Crippen LogP contribution in [0, 0.1) is 11.6 Å². The average molecular weight is 488 g/mol. The summed E-state index contributed by atoms with van der Waals surface area (Å²) in [7, 11) is 0. The predicted molar refractivity (Wildman–Crippen MR) is 131 cm³/mol. The number of rotatable bonds is 8. The molecule has 0 bridgehead atoms. The first-order valence-corrected chi connectivity index (χ1v) is 11.1. The van der Waals surface area contributed by atoms with Gasteiger partial charge < -0.3 is 10.1 Å². The molecule has 7 nitrogen and oxygen atoms in total. The molecule has 1 aromatic heterocycles. The molecule has 0 spiro atoms. The minimum atomic E-state index is -1.31. The molecule has 4 rings (SSSR count). The van der Waals surface area contributed by atoms with Gasteiger partial charge in [0.15, 0.2) is 0 Å². The van der Waals surface area contributed by atoms with Crippen LogP contribution in [0.3, 0.4) is 0 Å². The number of hydrogen-bond donors (Lipinski definition) is 1. The van der Waals surface area contributed by atoms with Crippen LogP contribution in [0.25, 0.3) is 0 Å². The Balaban J connectivity index is 1.89. The SMILES string of the molecule is CCOc1ccccc1[C@H](C(=O)Nc1ccc(F)cc1)N(C(=O)c1cnccn1)c1cccc(F)c1. The highest BCUT2D eigenvalue weighted by atomic mass is 19.1. The van der Waals surface area contributed by atoms with E-state index < -0.39 is 29.5 Å². The molecule has 9 heteroatoms. The van der Waals surface area contributed by atoms with Gasteiger partial charge in [-0.1, -0.05) is 24.3 Å². The van der Waals surface area contributed by atoms with Gasteiger partial charge >= 0.3 is 0 Å². The second kappa shape index (κ2) is 11.2. The van der Waals surface area contributed by atoms with Gasteiger partial charge in [0.05, 0.1) is 12.8 Å². The number of ether oxygens (including phenoxy) is 1. The van der Waals surface area contributed by atoms with Crippen LogP contribution in [0.2, 0.25) is 0 Å². The van der Waals surface area contributed by atoms with E-state index in [0.29, 0.717) is 23.6 Å². The van der Waals surface area contributed by atoms with E-state index in [1.165, 1.54) is 61.1 Å². The molecule has 1 atom stereocenters. The molecule has 0 fully saturated rings. The summed E-state index contributed by atoms with van der Waals surface area (Å²) in [6, 6.07) is 16.0. The van der Waals surface area contributed by atoms with Crippen LogP contribution in [0.1, 0.15) is 29.0 Å². The molecule has 3 aromatic carbocycles. The van der Waals surface area contributed by atoms with Crippen molar-refractivity contribution in [2.45, 2.75) is 13.0 Å². The summed E-state index contributed by atoms with van der Waals surface area (Å²) in [5.41, 5.74) is 0.748. The molecule has 0 unspecified atom stereocenters. The van der Waals surface area contributed by atoms with Gasteiger partial charge in [0.25, 0.3) is 11.8 Å². The number of anilines is 2. The highest BCUT2D eigenvalue weighted by Crippen LogP contribution is 2.35. The molecule has 0 aliphatic carbocycles. The van der Waals surface area contributed by atoms with Crippen molar-refractivity contribution in [1.29, 1.82) is 0 Å². The molecule has 0 saturated carbocycles. The summed E-state index contributed by atoms with van der Waals surface area (Å²) in [4.78, 5) is 36.8. The van der Waals surface area contributed by atoms with E-state index in [9.17, 15) is 18.4 Å². The normalized spacial score (nSPS) is 11.4. The number of nitrogens with one attached hydrogen (secondary N) is 1. The number of amides is 2. The maximum atomic E-state index is 14.3. The molecule has 0 saturated heterocycles. The molecular weight excluding hydrogens is 466 g/mol. The van der Waals surface area contributed by atoms with Gasteiger partial charge in [-0.15, -0.1) is 0 Å². The number of nitrogens with zero attached hydrogens (tertiary/aromatic N) is 3.